The molecule has 0 aliphatic rings. The first-order valence-electron chi connectivity index (χ1n) is 8.03. The highest BCUT2D eigenvalue weighted by Crippen LogP contribution is 2.29. The van der Waals surface area contributed by atoms with Crippen LogP contribution in [-0.2, 0) is 15.7 Å². The second kappa shape index (κ2) is 8.31. The van der Waals surface area contributed by atoms with E-state index >= 15 is 0 Å². The molecule has 1 N–H and O–H groups in total. The number of aromatic nitrogens is 3. The van der Waals surface area contributed by atoms with Crippen molar-refractivity contribution in [1.82, 2.24) is 14.8 Å². The van der Waals surface area contributed by atoms with Gasteiger partial charge in [-0.25, -0.2) is 14.5 Å². The van der Waals surface area contributed by atoms with Crippen molar-refractivity contribution in [3.63, 3.8) is 0 Å². The van der Waals surface area contributed by atoms with Crippen molar-refractivity contribution in [3.8, 4) is 5.69 Å². The third kappa shape index (κ3) is 5.11. The van der Waals surface area contributed by atoms with Crippen molar-refractivity contribution < 1.29 is 27.5 Å². The summed E-state index contributed by atoms with van der Waals surface area (Å²) in [5, 5.41) is 6.86. The van der Waals surface area contributed by atoms with E-state index in [9.17, 15) is 22.8 Å². The Morgan fingerprint density at radius 2 is 1.86 bits per heavy atom. The molecule has 0 saturated heterocycles. The van der Waals surface area contributed by atoms with Gasteiger partial charge in [0.05, 0.1) is 22.5 Å². The average molecular weight is 425 g/mol. The Kier molecular flexibility index (Phi) is 5.83. The molecule has 3 rings (SSSR count). The summed E-state index contributed by atoms with van der Waals surface area (Å²) >= 11 is 5.95. The molecule has 3 aromatic rings. The second-order valence-corrected chi connectivity index (χ2v) is 6.14. The van der Waals surface area contributed by atoms with E-state index in [1.165, 1.54) is 23.4 Å². The van der Waals surface area contributed by atoms with Gasteiger partial charge in [0.1, 0.15) is 12.7 Å². The second-order valence-electron chi connectivity index (χ2n) is 5.70. The van der Waals surface area contributed by atoms with Gasteiger partial charge >= 0.3 is 12.1 Å². The summed E-state index contributed by atoms with van der Waals surface area (Å²) in [6.45, 7) is -0.650. The van der Waals surface area contributed by atoms with Crippen LogP contribution >= 0.6 is 11.6 Å². The molecular weight excluding hydrogens is 413 g/mol. The number of amides is 1. The third-order valence-corrected chi connectivity index (χ3v) is 3.92. The number of nitrogens with one attached hydrogen (secondary N) is 1. The zero-order chi connectivity index (χ0) is 21.0. The molecule has 2 aromatic carbocycles. The van der Waals surface area contributed by atoms with E-state index in [0.29, 0.717) is 16.4 Å². The summed E-state index contributed by atoms with van der Waals surface area (Å²) in [5.74, 6) is -1.61. The highest BCUT2D eigenvalue weighted by atomic mass is 35.5. The molecule has 0 unspecified atom stereocenters. The first-order valence-corrected chi connectivity index (χ1v) is 8.40. The predicted molar refractivity (Wildman–Crippen MR) is 96.7 cm³/mol. The van der Waals surface area contributed by atoms with Crippen LogP contribution in [0.25, 0.3) is 5.69 Å². The smallest absolute Gasteiger partial charge is 0.416 e. The number of carbonyl (C=O) groups excluding carboxylic acids is 2. The molecule has 7 nitrogen and oxygen atoms in total. The molecule has 0 spiro atoms. The van der Waals surface area contributed by atoms with Gasteiger partial charge in [0, 0.05) is 5.02 Å². The minimum Gasteiger partial charge on any atom is -0.452 e. The number of alkyl halides is 3. The van der Waals surface area contributed by atoms with E-state index in [4.69, 9.17) is 16.3 Å². The first-order chi connectivity index (χ1) is 13.7. The van der Waals surface area contributed by atoms with Crippen molar-refractivity contribution >= 4 is 29.2 Å². The van der Waals surface area contributed by atoms with Crippen molar-refractivity contribution in [3.05, 3.63) is 71.3 Å². The maximum Gasteiger partial charge on any atom is 0.416 e. The number of halogens is 4. The SMILES string of the molecule is O=C(COC(=O)c1ccc(C(F)(F)F)cc1)Nc1cc(Cl)ccc1-n1cncn1. The number of hydrogen-bond acceptors (Lipinski definition) is 5. The summed E-state index contributed by atoms with van der Waals surface area (Å²) < 4.78 is 43.9. The largest absolute Gasteiger partial charge is 0.452 e. The monoisotopic (exact) mass is 424 g/mol. The minimum absolute atomic E-state index is 0.114. The van der Waals surface area contributed by atoms with E-state index in [1.54, 1.807) is 12.1 Å². The van der Waals surface area contributed by atoms with Crippen molar-refractivity contribution in [1.29, 1.82) is 0 Å². The fraction of sp³-hybridized carbons (Fsp3) is 0.111. The van der Waals surface area contributed by atoms with Gasteiger partial charge in [-0.05, 0) is 42.5 Å². The maximum absolute atomic E-state index is 12.6. The molecule has 1 aromatic heterocycles. The van der Waals surface area contributed by atoms with E-state index in [0.717, 1.165) is 24.3 Å². The van der Waals surface area contributed by atoms with Gasteiger partial charge in [-0.3, -0.25) is 4.79 Å². The highest BCUT2D eigenvalue weighted by molar-refractivity contribution is 6.31. The lowest BCUT2D eigenvalue weighted by Crippen LogP contribution is -2.22. The van der Waals surface area contributed by atoms with Crippen LogP contribution in [0.4, 0.5) is 18.9 Å². The minimum atomic E-state index is -4.51. The number of rotatable bonds is 5. The van der Waals surface area contributed by atoms with Gasteiger partial charge in [-0.2, -0.15) is 18.3 Å². The number of benzene rings is 2. The van der Waals surface area contributed by atoms with E-state index in [1.807, 2.05) is 0 Å². The predicted octanol–water partition coefficient (Wildman–Crippen LogP) is 3.74. The molecule has 0 atom stereocenters. The Bertz CT molecular complexity index is 1020. The number of nitrogens with zero attached hydrogens (tertiary/aromatic N) is 3. The summed E-state index contributed by atoms with van der Waals surface area (Å²) in [4.78, 5) is 27.9. The van der Waals surface area contributed by atoms with Crippen LogP contribution < -0.4 is 5.32 Å². The lowest BCUT2D eigenvalue weighted by molar-refractivity contribution is -0.137. The molecule has 0 radical (unpaired) electrons. The zero-order valence-electron chi connectivity index (χ0n) is 14.5. The van der Waals surface area contributed by atoms with Crippen LogP contribution in [0.1, 0.15) is 15.9 Å². The molecule has 0 aliphatic heterocycles. The topological polar surface area (TPSA) is 86.1 Å². The molecular formula is C18H12ClF3N4O3. The Morgan fingerprint density at radius 3 is 2.48 bits per heavy atom. The number of anilines is 1. The molecule has 1 heterocycles. The van der Waals surface area contributed by atoms with Gasteiger partial charge in [0.2, 0.25) is 0 Å². The Hall–Kier alpha value is -3.40. The van der Waals surface area contributed by atoms with Crippen molar-refractivity contribution in [2.45, 2.75) is 6.18 Å². The molecule has 0 aliphatic carbocycles. The zero-order valence-corrected chi connectivity index (χ0v) is 15.2. The average Bonchev–Trinajstić information content (AvgIpc) is 3.20. The van der Waals surface area contributed by atoms with Gasteiger partial charge in [-0.15, -0.1) is 0 Å². The van der Waals surface area contributed by atoms with Crippen LogP contribution in [0.3, 0.4) is 0 Å². The third-order valence-electron chi connectivity index (χ3n) is 3.68. The normalized spacial score (nSPS) is 11.2. The Morgan fingerprint density at radius 1 is 1.14 bits per heavy atom. The number of carbonyl (C=O) groups is 2. The van der Waals surface area contributed by atoms with Crippen LogP contribution in [0.15, 0.2) is 55.1 Å². The van der Waals surface area contributed by atoms with E-state index < -0.39 is 30.2 Å². The molecule has 0 fully saturated rings. The van der Waals surface area contributed by atoms with Crippen LogP contribution in [0, 0.1) is 0 Å². The number of ether oxygens (including phenoxy) is 1. The van der Waals surface area contributed by atoms with Crippen LogP contribution in [0.5, 0.6) is 0 Å². The maximum atomic E-state index is 12.6. The van der Waals surface area contributed by atoms with Crippen molar-refractivity contribution in [2.75, 3.05) is 11.9 Å². The lowest BCUT2D eigenvalue weighted by Gasteiger charge is -2.12. The standard InChI is InChI=1S/C18H12ClF3N4O3/c19-13-5-6-15(26-10-23-9-24-26)14(7-13)25-16(27)8-29-17(28)11-1-3-12(4-2-11)18(20,21)22/h1-7,9-10H,8H2,(H,25,27). The van der Waals surface area contributed by atoms with Gasteiger partial charge in [-0.1, -0.05) is 11.6 Å². The highest BCUT2D eigenvalue weighted by Gasteiger charge is 2.30. The van der Waals surface area contributed by atoms with Crippen molar-refractivity contribution in [2.24, 2.45) is 0 Å². The van der Waals surface area contributed by atoms with E-state index in [2.05, 4.69) is 15.4 Å². The molecule has 1 amide bonds. The van der Waals surface area contributed by atoms with Crippen LogP contribution in [0.2, 0.25) is 5.02 Å². The van der Waals surface area contributed by atoms with E-state index in [-0.39, 0.29) is 5.56 Å². The van der Waals surface area contributed by atoms with Gasteiger partial charge in [0.25, 0.3) is 5.91 Å². The summed E-state index contributed by atoms with van der Waals surface area (Å²) in [5.41, 5.74) is -0.224. The summed E-state index contributed by atoms with van der Waals surface area (Å²) in [6, 6.07) is 8.15. The molecule has 0 bridgehead atoms. The quantitative estimate of drug-likeness (QED) is 0.631. The lowest BCUT2D eigenvalue weighted by atomic mass is 10.1. The Labute approximate surface area is 167 Å². The summed E-state index contributed by atoms with van der Waals surface area (Å²) in [6.07, 6.45) is -1.78. The fourth-order valence-electron chi connectivity index (χ4n) is 2.34. The molecule has 11 heteroatoms. The fourth-order valence-corrected chi connectivity index (χ4v) is 2.51. The molecule has 29 heavy (non-hydrogen) atoms. The number of hydrogen-bond donors (Lipinski definition) is 1. The van der Waals surface area contributed by atoms with Crippen LogP contribution in [-0.4, -0.2) is 33.2 Å². The van der Waals surface area contributed by atoms with Gasteiger partial charge in [0.15, 0.2) is 6.61 Å². The summed E-state index contributed by atoms with van der Waals surface area (Å²) in [7, 11) is 0. The number of esters is 1. The Balaban J connectivity index is 1.63. The molecule has 150 valence electrons. The molecule has 0 saturated carbocycles. The van der Waals surface area contributed by atoms with Gasteiger partial charge < -0.3 is 10.1 Å². The first kappa shape index (κ1) is 20.3.